The van der Waals surface area contributed by atoms with Crippen molar-refractivity contribution in [3.05, 3.63) is 59.8 Å². The number of carbonyl (C=O) groups is 1. The fourth-order valence-corrected chi connectivity index (χ4v) is 3.86. The maximum atomic E-state index is 12.4. The van der Waals surface area contributed by atoms with E-state index < -0.39 is 0 Å². The number of nitrogens with two attached hydrogens (primary N) is 1. The maximum Gasteiger partial charge on any atom is 0.185 e. The monoisotopic (exact) mass is 373 g/mol. The van der Waals surface area contributed by atoms with E-state index in [0.29, 0.717) is 5.16 Å². The second kappa shape index (κ2) is 6.74. The standard InChI is InChI=1S/C20H15N5OS/c1-12(22)14(10-21)18(26)11-27-20-24-15-7-3-2-6-13(15)19-23-16-8-4-5-9-17(16)25(19)20/h2-9H,11,22H2,1H3. The van der Waals surface area contributed by atoms with Gasteiger partial charge in [0, 0.05) is 11.1 Å². The molecule has 2 N–H and O–H groups in total. The van der Waals surface area contributed by atoms with Crippen molar-refractivity contribution < 1.29 is 4.79 Å². The molecule has 4 rings (SSSR count). The van der Waals surface area contributed by atoms with Crippen molar-refractivity contribution in [3.8, 4) is 6.07 Å². The largest absolute Gasteiger partial charge is 0.401 e. The molecule has 0 amide bonds. The molecule has 6 nitrogen and oxygen atoms in total. The number of ketones is 1. The molecule has 27 heavy (non-hydrogen) atoms. The summed E-state index contributed by atoms with van der Waals surface area (Å²) in [5.74, 6) is -0.236. The van der Waals surface area contributed by atoms with Crippen LogP contribution in [0.3, 0.4) is 0 Å². The Hall–Kier alpha value is -3.37. The fourth-order valence-electron chi connectivity index (χ4n) is 2.98. The van der Waals surface area contributed by atoms with Crippen LogP contribution in [-0.2, 0) is 4.79 Å². The number of para-hydroxylation sites is 3. The number of carbonyl (C=O) groups excluding carboxylic acids is 1. The van der Waals surface area contributed by atoms with Gasteiger partial charge in [-0.15, -0.1) is 0 Å². The number of nitriles is 1. The Morgan fingerprint density at radius 1 is 1.15 bits per heavy atom. The molecule has 0 unspecified atom stereocenters. The maximum absolute atomic E-state index is 12.4. The zero-order valence-electron chi connectivity index (χ0n) is 14.5. The van der Waals surface area contributed by atoms with Gasteiger partial charge in [0.25, 0.3) is 0 Å². The Balaban J connectivity index is 1.88. The van der Waals surface area contributed by atoms with E-state index in [-0.39, 0.29) is 22.8 Å². The molecule has 0 bridgehead atoms. The summed E-state index contributed by atoms with van der Waals surface area (Å²) in [6.07, 6.45) is 0. The van der Waals surface area contributed by atoms with Crippen LogP contribution in [0.4, 0.5) is 0 Å². The third-order valence-electron chi connectivity index (χ3n) is 4.23. The van der Waals surface area contributed by atoms with Crippen LogP contribution in [0.25, 0.3) is 27.6 Å². The molecule has 2 aromatic carbocycles. The number of hydrogen-bond acceptors (Lipinski definition) is 6. The zero-order valence-corrected chi connectivity index (χ0v) is 15.3. The first-order valence-electron chi connectivity index (χ1n) is 8.28. The van der Waals surface area contributed by atoms with E-state index in [0.717, 1.165) is 27.6 Å². The van der Waals surface area contributed by atoms with Gasteiger partial charge in [-0.05, 0) is 31.2 Å². The van der Waals surface area contributed by atoms with Crippen molar-refractivity contribution in [1.82, 2.24) is 14.4 Å². The molecular formula is C20H15N5OS. The Bertz CT molecular complexity index is 1280. The fraction of sp³-hybridized carbons (Fsp3) is 0.100. The molecule has 132 valence electrons. The topological polar surface area (TPSA) is 97.1 Å². The van der Waals surface area contributed by atoms with Crippen molar-refractivity contribution in [3.63, 3.8) is 0 Å². The van der Waals surface area contributed by atoms with E-state index in [9.17, 15) is 4.79 Å². The summed E-state index contributed by atoms with van der Waals surface area (Å²) >= 11 is 1.27. The van der Waals surface area contributed by atoms with Crippen LogP contribution < -0.4 is 5.73 Å². The zero-order chi connectivity index (χ0) is 19.0. The van der Waals surface area contributed by atoms with Crippen molar-refractivity contribution in [2.24, 2.45) is 5.73 Å². The van der Waals surface area contributed by atoms with E-state index in [1.165, 1.54) is 11.8 Å². The highest BCUT2D eigenvalue weighted by Crippen LogP contribution is 2.29. The summed E-state index contributed by atoms with van der Waals surface area (Å²) in [5, 5.41) is 10.7. The predicted octanol–water partition coefficient (Wildman–Crippen LogP) is 3.45. The quantitative estimate of drug-likeness (QED) is 0.255. The summed E-state index contributed by atoms with van der Waals surface area (Å²) in [6.45, 7) is 1.55. The number of allylic oxidation sites excluding steroid dienone is 2. The molecule has 2 aromatic heterocycles. The summed E-state index contributed by atoms with van der Waals surface area (Å²) in [5.41, 5.74) is 9.25. The minimum atomic E-state index is -0.310. The number of imidazole rings is 1. The molecule has 0 aliphatic heterocycles. The first kappa shape index (κ1) is 17.1. The highest BCUT2D eigenvalue weighted by molar-refractivity contribution is 7.99. The van der Waals surface area contributed by atoms with Crippen LogP contribution in [0.2, 0.25) is 0 Å². The lowest BCUT2D eigenvalue weighted by Crippen LogP contribution is -2.11. The van der Waals surface area contributed by atoms with Crippen LogP contribution >= 0.6 is 11.8 Å². The Morgan fingerprint density at radius 2 is 1.85 bits per heavy atom. The lowest BCUT2D eigenvalue weighted by atomic mass is 10.2. The van der Waals surface area contributed by atoms with Gasteiger partial charge >= 0.3 is 0 Å². The van der Waals surface area contributed by atoms with E-state index in [4.69, 9.17) is 21.0 Å². The molecule has 0 saturated carbocycles. The van der Waals surface area contributed by atoms with Crippen molar-refractivity contribution in [2.75, 3.05) is 5.75 Å². The molecule has 0 fully saturated rings. The molecular weight excluding hydrogens is 358 g/mol. The van der Waals surface area contributed by atoms with Gasteiger partial charge in [0.15, 0.2) is 10.9 Å². The second-order valence-electron chi connectivity index (χ2n) is 6.05. The molecule has 4 aromatic rings. The van der Waals surface area contributed by atoms with E-state index in [1.807, 2.05) is 59.0 Å². The number of nitrogens with zero attached hydrogens (tertiary/aromatic N) is 4. The second-order valence-corrected chi connectivity index (χ2v) is 7.00. The number of Topliss-reactive ketones (excluding diaryl/α,β-unsaturated/α-hetero) is 1. The first-order chi connectivity index (χ1) is 13.1. The van der Waals surface area contributed by atoms with Gasteiger partial charge in [-0.25, -0.2) is 9.97 Å². The smallest absolute Gasteiger partial charge is 0.185 e. The number of aromatic nitrogens is 3. The minimum Gasteiger partial charge on any atom is -0.401 e. The van der Waals surface area contributed by atoms with Gasteiger partial charge < -0.3 is 5.73 Å². The van der Waals surface area contributed by atoms with E-state index in [2.05, 4.69) is 0 Å². The van der Waals surface area contributed by atoms with Gasteiger partial charge in [-0.1, -0.05) is 36.0 Å². The summed E-state index contributed by atoms with van der Waals surface area (Å²) in [4.78, 5) is 21.8. The van der Waals surface area contributed by atoms with Gasteiger partial charge in [-0.3, -0.25) is 9.20 Å². The highest BCUT2D eigenvalue weighted by atomic mass is 32.2. The summed E-state index contributed by atoms with van der Waals surface area (Å²) in [6, 6.07) is 17.5. The van der Waals surface area contributed by atoms with Crippen LogP contribution in [0.5, 0.6) is 0 Å². The predicted molar refractivity (Wildman–Crippen MR) is 106 cm³/mol. The SMILES string of the molecule is CC(N)=C(C#N)C(=O)CSc1nc2ccccc2c2nc3ccccc3n12. The minimum absolute atomic E-state index is 0.00461. The Morgan fingerprint density at radius 3 is 2.59 bits per heavy atom. The third kappa shape index (κ3) is 2.90. The lowest BCUT2D eigenvalue weighted by molar-refractivity contribution is -0.112. The van der Waals surface area contributed by atoms with Crippen LogP contribution in [0.15, 0.2) is 65.0 Å². The molecule has 7 heteroatoms. The molecule has 0 aliphatic rings. The molecule has 0 saturated heterocycles. The lowest BCUT2D eigenvalue weighted by Gasteiger charge is -2.08. The van der Waals surface area contributed by atoms with E-state index in [1.54, 1.807) is 6.92 Å². The average molecular weight is 373 g/mol. The summed E-state index contributed by atoms with van der Waals surface area (Å²) < 4.78 is 1.96. The van der Waals surface area contributed by atoms with Gasteiger partial charge in [0.05, 0.1) is 22.3 Å². The number of benzene rings is 2. The number of rotatable bonds is 4. The molecule has 0 spiro atoms. The van der Waals surface area contributed by atoms with Crippen LogP contribution in [0, 0.1) is 11.3 Å². The molecule has 0 radical (unpaired) electrons. The molecule has 2 heterocycles. The average Bonchev–Trinajstić information content (AvgIpc) is 3.06. The van der Waals surface area contributed by atoms with Gasteiger partial charge in [0.1, 0.15) is 17.3 Å². The Labute approximate surface area is 159 Å². The number of fused-ring (bicyclic) bond motifs is 5. The van der Waals surface area contributed by atoms with Crippen LogP contribution in [-0.4, -0.2) is 25.9 Å². The van der Waals surface area contributed by atoms with E-state index >= 15 is 0 Å². The summed E-state index contributed by atoms with van der Waals surface area (Å²) in [7, 11) is 0. The highest BCUT2D eigenvalue weighted by Gasteiger charge is 2.17. The molecule has 0 atom stereocenters. The number of thioether (sulfide) groups is 1. The van der Waals surface area contributed by atoms with Crippen molar-refractivity contribution >= 4 is 45.1 Å². The first-order valence-corrected chi connectivity index (χ1v) is 9.27. The molecule has 0 aliphatic carbocycles. The Kier molecular flexibility index (Phi) is 4.26. The normalized spacial score (nSPS) is 12.3. The third-order valence-corrected chi connectivity index (χ3v) is 5.17. The van der Waals surface area contributed by atoms with Crippen molar-refractivity contribution in [1.29, 1.82) is 5.26 Å². The van der Waals surface area contributed by atoms with Crippen molar-refractivity contribution in [2.45, 2.75) is 12.1 Å². The van der Waals surface area contributed by atoms with Gasteiger partial charge in [0.2, 0.25) is 0 Å². The van der Waals surface area contributed by atoms with Gasteiger partial charge in [-0.2, -0.15) is 5.26 Å². The van der Waals surface area contributed by atoms with Crippen LogP contribution in [0.1, 0.15) is 6.92 Å². The number of hydrogen-bond donors (Lipinski definition) is 1.